The second-order valence-electron chi connectivity index (χ2n) is 2.99. The molecule has 0 amide bonds. The molecule has 0 radical (unpaired) electrons. The van der Waals surface area contributed by atoms with Crippen LogP contribution < -0.4 is 10.2 Å². The summed E-state index contributed by atoms with van der Waals surface area (Å²) in [7, 11) is -0.701. The fraction of sp³-hybridized carbons (Fsp3) is 0.125. The topological polar surface area (TPSA) is 83.5 Å². The molecule has 7 heteroatoms. The van der Waals surface area contributed by atoms with Crippen LogP contribution in [0.15, 0.2) is 23.1 Å². The highest BCUT2D eigenvalue weighted by atomic mass is 32.2. The molecule has 0 heterocycles. The Morgan fingerprint density at radius 3 is 2.53 bits per heavy atom. The molecule has 0 spiro atoms. The minimum Gasteiger partial charge on any atom is -0.478 e. The van der Waals surface area contributed by atoms with E-state index >= 15 is 0 Å². The number of benzene rings is 1. The van der Waals surface area contributed by atoms with Crippen molar-refractivity contribution in [1.82, 2.24) is 4.72 Å². The number of hydrogen-bond donors (Lipinski definition) is 2. The molecule has 1 aromatic rings. The normalized spacial score (nSPS) is 11.3. The summed E-state index contributed by atoms with van der Waals surface area (Å²) in [6.07, 6.45) is 0. The summed E-state index contributed by atoms with van der Waals surface area (Å²) < 4.78 is 24.9. The van der Waals surface area contributed by atoms with Gasteiger partial charge in [-0.2, -0.15) is 0 Å². The molecule has 0 aliphatic heterocycles. The van der Waals surface area contributed by atoms with Gasteiger partial charge in [0, 0.05) is 0 Å². The first-order chi connectivity index (χ1) is 6.88. The van der Waals surface area contributed by atoms with Gasteiger partial charge in [0.05, 0.1) is 10.5 Å². The summed E-state index contributed by atoms with van der Waals surface area (Å²) in [5.41, 5.74) is 0.517. The van der Waals surface area contributed by atoms with Gasteiger partial charge in [-0.15, -0.1) is 0 Å². The van der Waals surface area contributed by atoms with Crippen molar-refractivity contribution < 1.29 is 18.3 Å². The quantitative estimate of drug-likeness (QED) is 0.619. The zero-order valence-electron chi connectivity index (χ0n) is 8.31. The zero-order valence-corrected chi connectivity index (χ0v) is 9.13. The monoisotopic (exact) mass is 227 g/mol. The van der Waals surface area contributed by atoms with E-state index in [1.807, 2.05) is 0 Å². The maximum atomic E-state index is 11.4. The van der Waals surface area contributed by atoms with Crippen molar-refractivity contribution in [3.63, 3.8) is 0 Å². The van der Waals surface area contributed by atoms with Gasteiger partial charge >= 0.3 is 5.97 Å². The van der Waals surface area contributed by atoms with Gasteiger partial charge in [-0.05, 0) is 19.2 Å². The van der Waals surface area contributed by atoms with Gasteiger partial charge in [-0.3, -0.25) is 0 Å². The van der Waals surface area contributed by atoms with Crippen LogP contribution in [0.1, 0.15) is 10.4 Å². The molecule has 0 saturated carbocycles. The van der Waals surface area contributed by atoms with Crippen LogP contribution in [0, 0.1) is 0 Å². The van der Waals surface area contributed by atoms with Crippen LogP contribution in [0.2, 0.25) is 0 Å². The smallest absolute Gasteiger partial charge is 0.335 e. The van der Waals surface area contributed by atoms with Crippen LogP contribution in [0.4, 0.5) is 0 Å². The van der Waals surface area contributed by atoms with Crippen molar-refractivity contribution in [3.05, 3.63) is 23.8 Å². The van der Waals surface area contributed by atoms with E-state index in [1.54, 1.807) is 7.85 Å². The summed E-state index contributed by atoms with van der Waals surface area (Å²) in [6.45, 7) is 0. The van der Waals surface area contributed by atoms with E-state index < -0.39 is 16.0 Å². The van der Waals surface area contributed by atoms with Crippen LogP contribution in [-0.4, -0.2) is 34.4 Å². The first kappa shape index (κ1) is 11.7. The number of hydrogen-bond acceptors (Lipinski definition) is 3. The molecule has 0 aromatic heterocycles. The summed E-state index contributed by atoms with van der Waals surface area (Å²) in [5, 5.41) is 8.81. The molecule has 0 atom stereocenters. The van der Waals surface area contributed by atoms with Crippen molar-refractivity contribution in [2.75, 3.05) is 7.05 Å². The molecule has 0 aliphatic rings. The average Bonchev–Trinajstić information content (AvgIpc) is 2.17. The fourth-order valence-electron chi connectivity index (χ4n) is 1.12. The summed E-state index contributed by atoms with van der Waals surface area (Å²) in [6, 6.07) is 3.98. The minimum absolute atomic E-state index is 0.00803. The molecule has 1 aromatic carbocycles. The Labute approximate surface area is 88.6 Å². The van der Waals surface area contributed by atoms with E-state index in [0.29, 0.717) is 5.46 Å². The molecule has 1 rings (SSSR count). The van der Waals surface area contributed by atoms with E-state index in [4.69, 9.17) is 5.11 Å². The number of rotatable bonds is 3. The fourth-order valence-corrected chi connectivity index (χ4v) is 1.87. The van der Waals surface area contributed by atoms with Crippen LogP contribution >= 0.6 is 0 Å². The Balaban J connectivity index is 3.38. The largest absolute Gasteiger partial charge is 0.478 e. The van der Waals surface area contributed by atoms with Gasteiger partial charge in [-0.1, -0.05) is 11.5 Å². The van der Waals surface area contributed by atoms with Crippen molar-refractivity contribution in [2.24, 2.45) is 0 Å². The lowest BCUT2D eigenvalue weighted by Crippen LogP contribution is -2.22. The van der Waals surface area contributed by atoms with Crippen molar-refractivity contribution in [2.45, 2.75) is 4.90 Å². The van der Waals surface area contributed by atoms with Crippen molar-refractivity contribution in [3.8, 4) is 0 Å². The Hall–Kier alpha value is -1.34. The second kappa shape index (κ2) is 4.04. The minimum atomic E-state index is -3.58. The Bertz CT molecular complexity index is 497. The third kappa shape index (κ3) is 2.37. The lowest BCUT2D eigenvalue weighted by atomic mass is 9.91. The van der Waals surface area contributed by atoms with Gasteiger partial charge < -0.3 is 5.11 Å². The summed E-state index contributed by atoms with van der Waals surface area (Å²) in [4.78, 5) is 10.7. The van der Waals surface area contributed by atoms with Crippen LogP contribution in [0.25, 0.3) is 0 Å². The third-order valence-corrected chi connectivity index (χ3v) is 3.43. The van der Waals surface area contributed by atoms with E-state index in [-0.39, 0.29) is 10.5 Å². The van der Waals surface area contributed by atoms with Gasteiger partial charge in [0.1, 0.15) is 7.85 Å². The van der Waals surface area contributed by atoms with Gasteiger partial charge in [0.2, 0.25) is 10.0 Å². The predicted octanol–water partition coefficient (Wildman–Crippen LogP) is -1.45. The summed E-state index contributed by atoms with van der Waals surface area (Å²) in [5.74, 6) is -1.14. The molecule has 0 unspecified atom stereocenters. The maximum absolute atomic E-state index is 11.4. The number of sulfonamides is 1. The first-order valence-electron chi connectivity index (χ1n) is 4.16. The number of carboxylic acid groups (broad SMARTS) is 1. The highest BCUT2D eigenvalue weighted by Crippen LogP contribution is 2.09. The molecule has 0 saturated heterocycles. The molecule has 5 nitrogen and oxygen atoms in total. The SMILES string of the molecule is Bc1ccc(S(=O)(=O)NC)cc1C(=O)O. The molecule has 2 N–H and O–H groups in total. The third-order valence-electron chi connectivity index (χ3n) is 2.02. The van der Waals surface area contributed by atoms with E-state index in [9.17, 15) is 13.2 Å². The standard InChI is InChI=1S/C8H10BNO4S/c1-10-15(13,14)5-2-3-7(9)6(4-5)8(11)12/h2-4,10H,9H2,1H3,(H,11,12). The average molecular weight is 227 g/mol. The molecule has 15 heavy (non-hydrogen) atoms. The van der Waals surface area contributed by atoms with Gasteiger partial charge in [0.15, 0.2) is 0 Å². The molecule has 0 fully saturated rings. The lowest BCUT2D eigenvalue weighted by Gasteiger charge is -2.05. The molecule has 80 valence electrons. The highest BCUT2D eigenvalue weighted by Gasteiger charge is 2.15. The van der Waals surface area contributed by atoms with Crippen LogP contribution in [0.3, 0.4) is 0 Å². The van der Waals surface area contributed by atoms with Crippen LogP contribution in [0.5, 0.6) is 0 Å². The Morgan fingerprint density at radius 1 is 1.47 bits per heavy atom. The second-order valence-corrected chi connectivity index (χ2v) is 4.88. The predicted molar refractivity (Wildman–Crippen MR) is 57.8 cm³/mol. The van der Waals surface area contributed by atoms with Gasteiger partial charge in [0.25, 0.3) is 0 Å². The van der Waals surface area contributed by atoms with E-state index in [0.717, 1.165) is 6.07 Å². The summed E-state index contributed by atoms with van der Waals surface area (Å²) >= 11 is 0. The van der Waals surface area contributed by atoms with Crippen LogP contribution in [-0.2, 0) is 10.0 Å². The number of aromatic carboxylic acids is 1. The molecule has 0 aliphatic carbocycles. The van der Waals surface area contributed by atoms with Crippen molar-refractivity contribution in [1.29, 1.82) is 0 Å². The highest BCUT2D eigenvalue weighted by molar-refractivity contribution is 7.89. The molecule has 0 bridgehead atoms. The lowest BCUT2D eigenvalue weighted by molar-refractivity contribution is 0.0698. The van der Waals surface area contributed by atoms with E-state index in [2.05, 4.69) is 4.72 Å². The Morgan fingerprint density at radius 2 is 2.07 bits per heavy atom. The number of nitrogens with one attached hydrogen (secondary N) is 1. The number of carboxylic acids is 1. The van der Waals surface area contributed by atoms with Crippen molar-refractivity contribution >= 4 is 29.3 Å². The number of carbonyl (C=O) groups is 1. The first-order valence-corrected chi connectivity index (χ1v) is 5.64. The molecular formula is C8H10BNO4S. The molecular weight excluding hydrogens is 217 g/mol. The Kier molecular flexibility index (Phi) is 3.16. The maximum Gasteiger partial charge on any atom is 0.335 e. The van der Waals surface area contributed by atoms with E-state index in [1.165, 1.54) is 19.2 Å². The van der Waals surface area contributed by atoms with Gasteiger partial charge in [-0.25, -0.2) is 17.9 Å². The zero-order chi connectivity index (χ0) is 11.6.